The van der Waals surface area contributed by atoms with E-state index < -0.39 is 5.41 Å². The second-order valence-corrected chi connectivity index (χ2v) is 3.11. The molecule has 1 N–H and O–H groups in total. The minimum atomic E-state index is -0.409. The molecular weight excluding hydrogens is 132 g/mol. The van der Waals surface area contributed by atoms with Gasteiger partial charge < -0.3 is 9.84 Å². The summed E-state index contributed by atoms with van der Waals surface area (Å²) in [6.45, 7) is 1.81. The van der Waals surface area contributed by atoms with Crippen molar-refractivity contribution in [1.82, 2.24) is 0 Å². The van der Waals surface area contributed by atoms with Gasteiger partial charge in [-0.2, -0.15) is 0 Å². The highest BCUT2D eigenvalue weighted by molar-refractivity contribution is 5.77. The smallest absolute Gasteiger partial charge is 0.311 e. The standard InChI is InChI=1S/C7H12O3/c1-7(6(9)10-2)3-5(8)4-7/h5,8H,3-4H2,1-2H3. The second kappa shape index (κ2) is 2.23. The third kappa shape index (κ3) is 1.01. The summed E-state index contributed by atoms with van der Waals surface area (Å²) in [5.41, 5.74) is -0.409. The Morgan fingerprint density at radius 3 is 2.50 bits per heavy atom. The first-order valence-corrected chi connectivity index (χ1v) is 3.35. The van der Waals surface area contributed by atoms with E-state index in [4.69, 9.17) is 5.11 Å². The highest BCUT2D eigenvalue weighted by atomic mass is 16.5. The lowest BCUT2D eigenvalue weighted by atomic mass is 9.68. The number of hydrogen-bond acceptors (Lipinski definition) is 3. The predicted octanol–water partition coefficient (Wildman–Crippen LogP) is 0.320. The van der Waals surface area contributed by atoms with Crippen LogP contribution in [0.5, 0.6) is 0 Å². The van der Waals surface area contributed by atoms with Gasteiger partial charge in [-0.1, -0.05) is 0 Å². The summed E-state index contributed by atoms with van der Waals surface area (Å²) in [4.78, 5) is 10.9. The molecule has 0 aromatic rings. The van der Waals surface area contributed by atoms with Crippen LogP contribution in [0.25, 0.3) is 0 Å². The monoisotopic (exact) mass is 144 g/mol. The quantitative estimate of drug-likeness (QED) is 0.539. The Morgan fingerprint density at radius 2 is 2.20 bits per heavy atom. The molecular formula is C7H12O3. The third-order valence-electron chi connectivity index (χ3n) is 2.05. The van der Waals surface area contributed by atoms with Crippen LogP contribution in [0.2, 0.25) is 0 Å². The number of rotatable bonds is 1. The molecule has 0 atom stereocenters. The molecule has 0 amide bonds. The van der Waals surface area contributed by atoms with E-state index >= 15 is 0 Å². The fraction of sp³-hybridized carbons (Fsp3) is 0.857. The highest BCUT2D eigenvalue weighted by Gasteiger charge is 2.46. The van der Waals surface area contributed by atoms with Crippen molar-refractivity contribution in [3.05, 3.63) is 0 Å². The average Bonchev–Trinajstić information content (AvgIpc) is 1.83. The van der Waals surface area contributed by atoms with Crippen molar-refractivity contribution in [2.45, 2.75) is 25.9 Å². The number of methoxy groups -OCH3 is 1. The SMILES string of the molecule is COC(=O)C1(C)CC(O)C1. The lowest BCUT2D eigenvalue weighted by Gasteiger charge is -2.39. The molecule has 0 heterocycles. The number of hydrogen-bond donors (Lipinski definition) is 1. The fourth-order valence-electron chi connectivity index (χ4n) is 1.39. The van der Waals surface area contributed by atoms with Crippen molar-refractivity contribution in [2.75, 3.05) is 7.11 Å². The summed E-state index contributed by atoms with van der Waals surface area (Å²) in [6.07, 6.45) is 0.781. The van der Waals surface area contributed by atoms with E-state index in [-0.39, 0.29) is 12.1 Å². The zero-order chi connectivity index (χ0) is 7.78. The first-order chi connectivity index (χ1) is 4.58. The molecule has 1 rings (SSSR count). The van der Waals surface area contributed by atoms with E-state index in [1.54, 1.807) is 0 Å². The number of carbonyl (C=O) groups excluding carboxylic acids is 1. The maximum atomic E-state index is 10.9. The van der Waals surface area contributed by atoms with E-state index in [0.29, 0.717) is 12.8 Å². The van der Waals surface area contributed by atoms with Crippen LogP contribution >= 0.6 is 0 Å². The van der Waals surface area contributed by atoms with Gasteiger partial charge in [-0.15, -0.1) is 0 Å². The Hall–Kier alpha value is -0.570. The normalized spacial score (nSPS) is 38.5. The van der Waals surface area contributed by atoms with Crippen LogP contribution in [0, 0.1) is 5.41 Å². The van der Waals surface area contributed by atoms with Crippen LogP contribution in [-0.4, -0.2) is 24.3 Å². The molecule has 10 heavy (non-hydrogen) atoms. The summed E-state index contributed by atoms with van der Waals surface area (Å²) < 4.78 is 4.56. The van der Waals surface area contributed by atoms with E-state index in [1.807, 2.05) is 6.92 Å². The molecule has 0 radical (unpaired) electrons. The Balaban J connectivity index is 2.48. The number of aliphatic hydroxyl groups excluding tert-OH is 1. The van der Waals surface area contributed by atoms with E-state index in [9.17, 15) is 4.79 Å². The Kier molecular flexibility index (Phi) is 1.68. The zero-order valence-corrected chi connectivity index (χ0v) is 6.26. The largest absolute Gasteiger partial charge is 0.469 e. The van der Waals surface area contributed by atoms with Gasteiger partial charge in [0.05, 0.1) is 18.6 Å². The van der Waals surface area contributed by atoms with Crippen molar-refractivity contribution < 1.29 is 14.6 Å². The Labute approximate surface area is 60.0 Å². The maximum absolute atomic E-state index is 10.9. The molecule has 0 bridgehead atoms. The van der Waals surface area contributed by atoms with Gasteiger partial charge >= 0.3 is 5.97 Å². The lowest BCUT2D eigenvalue weighted by molar-refractivity contribution is -0.164. The molecule has 1 aliphatic carbocycles. The van der Waals surface area contributed by atoms with Crippen molar-refractivity contribution in [3.8, 4) is 0 Å². The first-order valence-electron chi connectivity index (χ1n) is 3.35. The molecule has 3 heteroatoms. The van der Waals surface area contributed by atoms with Crippen LogP contribution in [0.4, 0.5) is 0 Å². The van der Waals surface area contributed by atoms with Gasteiger partial charge in [-0.25, -0.2) is 0 Å². The number of esters is 1. The molecule has 0 unspecified atom stereocenters. The predicted molar refractivity (Wildman–Crippen MR) is 35.4 cm³/mol. The van der Waals surface area contributed by atoms with Crippen LogP contribution in [0.15, 0.2) is 0 Å². The molecule has 1 fully saturated rings. The zero-order valence-electron chi connectivity index (χ0n) is 6.26. The van der Waals surface area contributed by atoms with E-state index in [0.717, 1.165) is 0 Å². The van der Waals surface area contributed by atoms with Gasteiger partial charge in [0.1, 0.15) is 0 Å². The molecule has 58 valence electrons. The van der Waals surface area contributed by atoms with Crippen LogP contribution in [-0.2, 0) is 9.53 Å². The van der Waals surface area contributed by atoms with Gasteiger partial charge in [0.15, 0.2) is 0 Å². The van der Waals surface area contributed by atoms with Gasteiger partial charge in [0.2, 0.25) is 0 Å². The summed E-state index contributed by atoms with van der Waals surface area (Å²) in [6, 6.07) is 0. The molecule has 1 saturated carbocycles. The molecule has 3 nitrogen and oxygen atoms in total. The van der Waals surface area contributed by atoms with E-state index in [2.05, 4.69) is 4.74 Å². The molecule has 0 spiro atoms. The Morgan fingerprint density at radius 1 is 1.70 bits per heavy atom. The van der Waals surface area contributed by atoms with Crippen molar-refractivity contribution >= 4 is 5.97 Å². The number of carbonyl (C=O) groups is 1. The molecule has 1 aliphatic rings. The fourth-order valence-corrected chi connectivity index (χ4v) is 1.39. The minimum absolute atomic E-state index is 0.210. The van der Waals surface area contributed by atoms with Crippen molar-refractivity contribution in [1.29, 1.82) is 0 Å². The summed E-state index contributed by atoms with van der Waals surface area (Å²) in [5.74, 6) is -0.210. The first kappa shape index (κ1) is 7.54. The van der Waals surface area contributed by atoms with Gasteiger partial charge in [0, 0.05) is 0 Å². The second-order valence-electron chi connectivity index (χ2n) is 3.11. The van der Waals surface area contributed by atoms with Crippen molar-refractivity contribution in [3.63, 3.8) is 0 Å². The molecule has 0 aliphatic heterocycles. The highest BCUT2D eigenvalue weighted by Crippen LogP contribution is 2.41. The van der Waals surface area contributed by atoms with Gasteiger partial charge in [-0.3, -0.25) is 4.79 Å². The summed E-state index contributed by atoms with van der Waals surface area (Å²) in [7, 11) is 1.37. The van der Waals surface area contributed by atoms with Gasteiger partial charge in [-0.05, 0) is 19.8 Å². The Bertz CT molecular complexity index is 147. The average molecular weight is 144 g/mol. The molecule has 0 aromatic heterocycles. The lowest BCUT2D eigenvalue weighted by Crippen LogP contribution is -2.45. The maximum Gasteiger partial charge on any atom is 0.311 e. The van der Waals surface area contributed by atoms with Crippen molar-refractivity contribution in [2.24, 2.45) is 5.41 Å². The van der Waals surface area contributed by atoms with Crippen LogP contribution < -0.4 is 0 Å². The van der Waals surface area contributed by atoms with Crippen LogP contribution in [0.3, 0.4) is 0 Å². The third-order valence-corrected chi connectivity index (χ3v) is 2.05. The van der Waals surface area contributed by atoms with Crippen LogP contribution in [0.1, 0.15) is 19.8 Å². The van der Waals surface area contributed by atoms with E-state index in [1.165, 1.54) is 7.11 Å². The topological polar surface area (TPSA) is 46.5 Å². The minimum Gasteiger partial charge on any atom is -0.469 e. The number of aliphatic hydroxyl groups is 1. The molecule has 0 saturated heterocycles. The molecule has 0 aromatic carbocycles. The number of ether oxygens (including phenoxy) is 1. The summed E-state index contributed by atoms with van der Waals surface area (Å²) in [5, 5.41) is 8.92. The summed E-state index contributed by atoms with van der Waals surface area (Å²) >= 11 is 0. The van der Waals surface area contributed by atoms with Gasteiger partial charge in [0.25, 0.3) is 0 Å².